The zero-order valence-electron chi connectivity index (χ0n) is 8.58. The van der Waals surface area contributed by atoms with E-state index in [1.165, 1.54) is 0 Å². The first kappa shape index (κ1) is 10.3. The molecule has 13 heavy (non-hydrogen) atoms. The lowest BCUT2D eigenvalue weighted by Gasteiger charge is -2.01. The number of aromatic nitrogens is 1. The molecule has 1 unspecified atom stereocenters. The van der Waals surface area contributed by atoms with Crippen LogP contribution >= 0.6 is 0 Å². The van der Waals surface area contributed by atoms with E-state index in [1.54, 1.807) is 6.26 Å². The van der Waals surface area contributed by atoms with Crippen molar-refractivity contribution in [1.82, 2.24) is 4.98 Å². The molecular weight excluding hydrogens is 164 g/mol. The highest BCUT2D eigenvalue weighted by atomic mass is 16.3. The van der Waals surface area contributed by atoms with Gasteiger partial charge >= 0.3 is 0 Å². The Labute approximate surface area is 79.3 Å². The maximum atomic E-state index is 5.53. The number of hydrogen-bond acceptors (Lipinski definition) is 3. The van der Waals surface area contributed by atoms with E-state index in [1.807, 2.05) is 0 Å². The lowest BCUT2D eigenvalue weighted by molar-refractivity contribution is 0.457. The first-order chi connectivity index (χ1) is 6.13. The molecule has 0 aliphatic heterocycles. The van der Waals surface area contributed by atoms with Crippen molar-refractivity contribution in [2.75, 3.05) is 6.54 Å². The van der Waals surface area contributed by atoms with Crippen molar-refractivity contribution in [2.45, 2.75) is 33.1 Å². The van der Waals surface area contributed by atoms with Crippen LogP contribution < -0.4 is 5.73 Å². The van der Waals surface area contributed by atoms with Gasteiger partial charge in [0.25, 0.3) is 0 Å². The Morgan fingerprint density at radius 3 is 2.69 bits per heavy atom. The van der Waals surface area contributed by atoms with Crippen molar-refractivity contribution in [3.8, 4) is 0 Å². The molecule has 0 spiro atoms. The van der Waals surface area contributed by atoms with Crippen LogP contribution in [-0.2, 0) is 6.42 Å². The van der Waals surface area contributed by atoms with E-state index in [0.717, 1.165) is 18.0 Å². The Hall–Kier alpha value is -0.830. The van der Waals surface area contributed by atoms with Gasteiger partial charge in [-0.05, 0) is 5.92 Å². The maximum absolute atomic E-state index is 5.53. The van der Waals surface area contributed by atoms with Gasteiger partial charge in [-0.3, -0.25) is 0 Å². The fourth-order valence-electron chi connectivity index (χ4n) is 1.12. The topological polar surface area (TPSA) is 52.0 Å². The Morgan fingerprint density at radius 2 is 2.15 bits per heavy atom. The normalized spacial score (nSPS) is 13.6. The van der Waals surface area contributed by atoms with E-state index in [9.17, 15) is 0 Å². The van der Waals surface area contributed by atoms with Crippen LogP contribution in [0.3, 0.4) is 0 Å². The Balaban J connectivity index is 2.63. The summed E-state index contributed by atoms with van der Waals surface area (Å²) in [6, 6.07) is 0. The fraction of sp³-hybridized carbons (Fsp3) is 0.700. The summed E-state index contributed by atoms with van der Waals surface area (Å²) in [7, 11) is 0. The smallest absolute Gasteiger partial charge is 0.194 e. The molecule has 1 aromatic rings. The molecule has 0 radical (unpaired) electrons. The van der Waals surface area contributed by atoms with Crippen LogP contribution in [0.15, 0.2) is 10.7 Å². The van der Waals surface area contributed by atoms with E-state index < -0.39 is 0 Å². The van der Waals surface area contributed by atoms with E-state index in [2.05, 4.69) is 25.8 Å². The largest absolute Gasteiger partial charge is 0.449 e. The van der Waals surface area contributed by atoms with E-state index in [4.69, 9.17) is 10.2 Å². The SMILES string of the molecule is CC(C)Cc1nc(C(C)CN)co1. The maximum Gasteiger partial charge on any atom is 0.194 e. The minimum atomic E-state index is 0.296. The second-order valence-corrected chi connectivity index (χ2v) is 3.90. The quantitative estimate of drug-likeness (QED) is 0.774. The molecule has 3 nitrogen and oxygen atoms in total. The molecule has 0 amide bonds. The number of nitrogens with two attached hydrogens (primary N) is 1. The molecule has 1 aromatic heterocycles. The summed E-state index contributed by atoms with van der Waals surface area (Å²) < 4.78 is 5.33. The highest BCUT2D eigenvalue weighted by Crippen LogP contribution is 2.14. The van der Waals surface area contributed by atoms with E-state index in [-0.39, 0.29) is 0 Å². The van der Waals surface area contributed by atoms with Crippen LogP contribution in [0.4, 0.5) is 0 Å². The van der Waals surface area contributed by atoms with E-state index in [0.29, 0.717) is 18.4 Å². The van der Waals surface area contributed by atoms with Crippen molar-refractivity contribution in [3.63, 3.8) is 0 Å². The number of rotatable bonds is 4. The summed E-state index contributed by atoms with van der Waals surface area (Å²) in [5.41, 5.74) is 6.50. The predicted molar refractivity (Wildman–Crippen MR) is 52.5 cm³/mol. The van der Waals surface area contributed by atoms with Gasteiger partial charge in [-0.2, -0.15) is 0 Å². The van der Waals surface area contributed by atoms with Crippen LogP contribution in [0, 0.1) is 5.92 Å². The van der Waals surface area contributed by atoms with Gasteiger partial charge in [0.2, 0.25) is 0 Å². The molecule has 0 saturated carbocycles. The number of oxazole rings is 1. The second kappa shape index (κ2) is 4.42. The van der Waals surface area contributed by atoms with Gasteiger partial charge in [0.15, 0.2) is 5.89 Å². The first-order valence-corrected chi connectivity index (χ1v) is 4.77. The molecule has 74 valence electrons. The third kappa shape index (κ3) is 2.84. The van der Waals surface area contributed by atoms with Crippen molar-refractivity contribution in [2.24, 2.45) is 11.7 Å². The zero-order valence-corrected chi connectivity index (χ0v) is 8.58. The van der Waals surface area contributed by atoms with Crippen molar-refractivity contribution in [3.05, 3.63) is 17.8 Å². The van der Waals surface area contributed by atoms with Gasteiger partial charge in [-0.25, -0.2) is 4.98 Å². The third-order valence-electron chi connectivity index (χ3n) is 2.01. The molecule has 0 bridgehead atoms. The minimum Gasteiger partial charge on any atom is -0.449 e. The van der Waals surface area contributed by atoms with Crippen LogP contribution in [0.2, 0.25) is 0 Å². The first-order valence-electron chi connectivity index (χ1n) is 4.77. The summed E-state index contributed by atoms with van der Waals surface area (Å²) in [5.74, 6) is 1.70. The van der Waals surface area contributed by atoms with Crippen molar-refractivity contribution in [1.29, 1.82) is 0 Å². The highest BCUT2D eigenvalue weighted by Gasteiger charge is 2.10. The molecule has 3 heteroatoms. The molecule has 1 rings (SSSR count). The number of nitrogens with zero attached hydrogens (tertiary/aromatic N) is 1. The average molecular weight is 182 g/mol. The van der Waals surface area contributed by atoms with Crippen LogP contribution in [0.25, 0.3) is 0 Å². The van der Waals surface area contributed by atoms with Gasteiger partial charge < -0.3 is 10.2 Å². The lowest BCUT2D eigenvalue weighted by atomic mass is 10.1. The summed E-state index contributed by atoms with van der Waals surface area (Å²) in [6.07, 6.45) is 2.62. The van der Waals surface area contributed by atoms with Gasteiger partial charge in [-0.1, -0.05) is 20.8 Å². The average Bonchev–Trinajstić information content (AvgIpc) is 2.50. The number of hydrogen-bond donors (Lipinski definition) is 1. The minimum absolute atomic E-state index is 0.296. The molecule has 0 aliphatic carbocycles. The highest BCUT2D eigenvalue weighted by molar-refractivity contribution is 5.03. The summed E-state index contributed by atoms with van der Waals surface area (Å²) >= 11 is 0. The monoisotopic (exact) mass is 182 g/mol. The molecule has 0 aliphatic rings. The standard InChI is InChI=1S/C10H18N2O/c1-7(2)4-10-12-9(6-13-10)8(3)5-11/h6-8H,4-5,11H2,1-3H3. The molecule has 0 aromatic carbocycles. The van der Waals surface area contributed by atoms with E-state index >= 15 is 0 Å². The van der Waals surface area contributed by atoms with Crippen LogP contribution in [-0.4, -0.2) is 11.5 Å². The summed E-state index contributed by atoms with van der Waals surface area (Å²) in [5, 5.41) is 0. The van der Waals surface area contributed by atoms with Gasteiger partial charge in [0.05, 0.1) is 5.69 Å². The zero-order chi connectivity index (χ0) is 9.84. The Bertz CT molecular complexity index is 255. The molecule has 2 N–H and O–H groups in total. The Morgan fingerprint density at radius 1 is 1.46 bits per heavy atom. The van der Waals surface area contributed by atoms with Crippen LogP contribution in [0.5, 0.6) is 0 Å². The molecule has 0 fully saturated rings. The van der Waals surface area contributed by atoms with Crippen LogP contribution in [0.1, 0.15) is 38.3 Å². The fourth-order valence-corrected chi connectivity index (χ4v) is 1.12. The van der Waals surface area contributed by atoms with Crippen molar-refractivity contribution < 1.29 is 4.42 Å². The molecular formula is C10H18N2O. The predicted octanol–water partition coefficient (Wildman–Crippen LogP) is 1.94. The van der Waals surface area contributed by atoms with Gasteiger partial charge in [-0.15, -0.1) is 0 Å². The van der Waals surface area contributed by atoms with Gasteiger partial charge in [0, 0.05) is 18.9 Å². The Kier molecular flexibility index (Phi) is 3.48. The molecule has 1 heterocycles. The summed E-state index contributed by atoms with van der Waals surface area (Å²) in [6.45, 7) is 6.97. The molecule has 0 saturated heterocycles. The van der Waals surface area contributed by atoms with Crippen molar-refractivity contribution >= 4 is 0 Å². The summed E-state index contributed by atoms with van der Waals surface area (Å²) in [4.78, 5) is 4.37. The van der Waals surface area contributed by atoms with Gasteiger partial charge in [0.1, 0.15) is 6.26 Å². The second-order valence-electron chi connectivity index (χ2n) is 3.90. The third-order valence-corrected chi connectivity index (χ3v) is 2.01. The molecule has 1 atom stereocenters. The lowest BCUT2D eigenvalue weighted by Crippen LogP contribution is -2.09.